The van der Waals surface area contributed by atoms with E-state index in [-0.39, 0.29) is 0 Å². The predicted octanol–water partition coefficient (Wildman–Crippen LogP) is 1.26. The predicted molar refractivity (Wildman–Crippen MR) is 50.9 cm³/mol. The van der Waals surface area contributed by atoms with E-state index in [1.54, 1.807) is 17.8 Å². The SMILES string of the molecule is CC#CCCC(O)c1ccnn1C. The number of aliphatic hydroxyl groups is 1. The normalized spacial score (nSPS) is 11.9. The topological polar surface area (TPSA) is 38.1 Å². The summed E-state index contributed by atoms with van der Waals surface area (Å²) < 4.78 is 1.68. The minimum atomic E-state index is -0.451. The summed E-state index contributed by atoms with van der Waals surface area (Å²) in [7, 11) is 1.82. The van der Waals surface area contributed by atoms with E-state index in [1.807, 2.05) is 13.1 Å². The van der Waals surface area contributed by atoms with Crippen molar-refractivity contribution in [2.24, 2.45) is 7.05 Å². The minimum Gasteiger partial charge on any atom is -0.387 e. The number of hydrogen-bond acceptors (Lipinski definition) is 2. The Labute approximate surface area is 78.4 Å². The van der Waals surface area contributed by atoms with Crippen molar-refractivity contribution in [1.82, 2.24) is 9.78 Å². The Morgan fingerprint density at radius 1 is 1.69 bits per heavy atom. The highest BCUT2D eigenvalue weighted by atomic mass is 16.3. The van der Waals surface area contributed by atoms with Crippen LogP contribution in [-0.4, -0.2) is 14.9 Å². The molecule has 0 aliphatic carbocycles. The summed E-state index contributed by atoms with van der Waals surface area (Å²) in [6.45, 7) is 1.80. The molecule has 0 aromatic carbocycles. The highest BCUT2D eigenvalue weighted by Gasteiger charge is 2.09. The lowest BCUT2D eigenvalue weighted by atomic mass is 10.1. The number of aromatic nitrogens is 2. The first-order valence-electron chi connectivity index (χ1n) is 4.31. The van der Waals surface area contributed by atoms with Gasteiger partial charge in [0.05, 0.1) is 11.8 Å². The van der Waals surface area contributed by atoms with E-state index < -0.39 is 6.10 Å². The zero-order valence-corrected chi connectivity index (χ0v) is 7.99. The molecule has 0 spiro atoms. The van der Waals surface area contributed by atoms with Crippen LogP contribution in [0.3, 0.4) is 0 Å². The zero-order valence-electron chi connectivity index (χ0n) is 7.99. The van der Waals surface area contributed by atoms with Crippen molar-refractivity contribution in [3.05, 3.63) is 18.0 Å². The Morgan fingerprint density at radius 3 is 3.00 bits per heavy atom. The van der Waals surface area contributed by atoms with Gasteiger partial charge in [0, 0.05) is 19.7 Å². The van der Waals surface area contributed by atoms with E-state index in [4.69, 9.17) is 0 Å². The maximum Gasteiger partial charge on any atom is 0.0965 e. The van der Waals surface area contributed by atoms with Gasteiger partial charge in [-0.1, -0.05) is 0 Å². The molecule has 13 heavy (non-hydrogen) atoms. The number of hydrogen-bond donors (Lipinski definition) is 1. The summed E-state index contributed by atoms with van der Waals surface area (Å²) in [6, 6.07) is 1.82. The molecule has 1 unspecified atom stereocenters. The van der Waals surface area contributed by atoms with Crippen molar-refractivity contribution in [2.45, 2.75) is 25.9 Å². The lowest BCUT2D eigenvalue weighted by Crippen LogP contribution is -2.04. The smallest absolute Gasteiger partial charge is 0.0965 e. The van der Waals surface area contributed by atoms with E-state index in [0.29, 0.717) is 6.42 Å². The molecule has 1 rings (SSSR count). The standard InChI is InChI=1S/C10H14N2O/c1-3-4-5-6-10(13)9-7-8-11-12(9)2/h7-8,10,13H,5-6H2,1-2H3. The molecule has 0 aliphatic heterocycles. The minimum absolute atomic E-state index is 0.451. The summed E-state index contributed by atoms with van der Waals surface area (Å²) >= 11 is 0. The van der Waals surface area contributed by atoms with Crippen LogP contribution in [0, 0.1) is 11.8 Å². The Morgan fingerprint density at radius 2 is 2.46 bits per heavy atom. The molecule has 3 heteroatoms. The molecule has 0 saturated carbocycles. The molecule has 0 fully saturated rings. The Hall–Kier alpha value is -1.27. The molecule has 1 atom stereocenters. The Balaban J connectivity index is 2.52. The monoisotopic (exact) mass is 178 g/mol. The molecule has 0 aliphatic rings. The van der Waals surface area contributed by atoms with Gasteiger partial charge in [-0.25, -0.2) is 0 Å². The first-order valence-corrected chi connectivity index (χ1v) is 4.31. The molecule has 1 N–H and O–H groups in total. The second-order valence-electron chi connectivity index (χ2n) is 2.86. The third-order valence-electron chi connectivity index (χ3n) is 1.92. The molecule has 1 aromatic heterocycles. The summed E-state index contributed by atoms with van der Waals surface area (Å²) in [5.41, 5.74) is 0.845. The van der Waals surface area contributed by atoms with Gasteiger partial charge < -0.3 is 5.11 Å². The molecular formula is C10H14N2O. The molecule has 3 nitrogen and oxygen atoms in total. The molecule has 0 amide bonds. The van der Waals surface area contributed by atoms with E-state index >= 15 is 0 Å². The summed E-state index contributed by atoms with van der Waals surface area (Å²) in [5.74, 6) is 5.72. The van der Waals surface area contributed by atoms with Crippen LogP contribution in [0.25, 0.3) is 0 Å². The van der Waals surface area contributed by atoms with E-state index in [0.717, 1.165) is 12.1 Å². The number of aliphatic hydroxyl groups excluding tert-OH is 1. The molecule has 70 valence electrons. The van der Waals surface area contributed by atoms with Crippen LogP contribution in [-0.2, 0) is 7.05 Å². The molecule has 0 radical (unpaired) electrons. The van der Waals surface area contributed by atoms with Crippen LogP contribution in [0.4, 0.5) is 0 Å². The average Bonchev–Trinajstić information content (AvgIpc) is 2.52. The van der Waals surface area contributed by atoms with Crippen LogP contribution in [0.15, 0.2) is 12.3 Å². The van der Waals surface area contributed by atoms with Gasteiger partial charge in [-0.3, -0.25) is 4.68 Å². The largest absolute Gasteiger partial charge is 0.387 e. The van der Waals surface area contributed by atoms with Crippen LogP contribution >= 0.6 is 0 Å². The second kappa shape index (κ2) is 4.68. The molecular weight excluding hydrogens is 164 g/mol. The van der Waals surface area contributed by atoms with Crippen molar-refractivity contribution in [3.8, 4) is 11.8 Å². The van der Waals surface area contributed by atoms with Gasteiger partial charge in [0.25, 0.3) is 0 Å². The van der Waals surface area contributed by atoms with Gasteiger partial charge in [-0.05, 0) is 19.4 Å². The number of nitrogens with zero attached hydrogens (tertiary/aromatic N) is 2. The third kappa shape index (κ3) is 2.60. The molecule has 1 aromatic rings. The van der Waals surface area contributed by atoms with Crippen LogP contribution in [0.1, 0.15) is 31.6 Å². The lowest BCUT2D eigenvalue weighted by Gasteiger charge is -2.08. The summed E-state index contributed by atoms with van der Waals surface area (Å²) in [5, 5.41) is 13.7. The highest BCUT2D eigenvalue weighted by Crippen LogP contribution is 2.16. The third-order valence-corrected chi connectivity index (χ3v) is 1.92. The summed E-state index contributed by atoms with van der Waals surface area (Å²) in [6.07, 6.45) is 2.63. The van der Waals surface area contributed by atoms with Crippen molar-refractivity contribution >= 4 is 0 Å². The number of rotatable bonds is 3. The van der Waals surface area contributed by atoms with Crippen molar-refractivity contribution in [3.63, 3.8) is 0 Å². The number of aryl methyl sites for hydroxylation is 1. The zero-order chi connectivity index (χ0) is 9.68. The Kier molecular flexibility index (Phi) is 3.53. The van der Waals surface area contributed by atoms with Gasteiger partial charge >= 0.3 is 0 Å². The van der Waals surface area contributed by atoms with Crippen molar-refractivity contribution < 1.29 is 5.11 Å². The van der Waals surface area contributed by atoms with E-state index in [9.17, 15) is 5.11 Å². The van der Waals surface area contributed by atoms with E-state index in [2.05, 4.69) is 16.9 Å². The van der Waals surface area contributed by atoms with Crippen LogP contribution < -0.4 is 0 Å². The van der Waals surface area contributed by atoms with Crippen LogP contribution in [0.2, 0.25) is 0 Å². The fourth-order valence-electron chi connectivity index (χ4n) is 1.19. The average molecular weight is 178 g/mol. The van der Waals surface area contributed by atoms with Crippen molar-refractivity contribution in [2.75, 3.05) is 0 Å². The fraction of sp³-hybridized carbons (Fsp3) is 0.500. The lowest BCUT2D eigenvalue weighted by molar-refractivity contribution is 0.160. The molecule has 0 bridgehead atoms. The van der Waals surface area contributed by atoms with Gasteiger partial charge in [0.15, 0.2) is 0 Å². The molecule has 1 heterocycles. The van der Waals surface area contributed by atoms with Gasteiger partial charge in [0.2, 0.25) is 0 Å². The summed E-state index contributed by atoms with van der Waals surface area (Å²) in [4.78, 5) is 0. The van der Waals surface area contributed by atoms with Crippen LogP contribution in [0.5, 0.6) is 0 Å². The van der Waals surface area contributed by atoms with Crippen molar-refractivity contribution in [1.29, 1.82) is 0 Å². The second-order valence-corrected chi connectivity index (χ2v) is 2.86. The maximum absolute atomic E-state index is 9.69. The quantitative estimate of drug-likeness (QED) is 0.707. The van der Waals surface area contributed by atoms with Gasteiger partial charge in [-0.2, -0.15) is 5.10 Å². The van der Waals surface area contributed by atoms with Gasteiger partial charge in [0.1, 0.15) is 0 Å². The first kappa shape index (κ1) is 9.82. The highest BCUT2D eigenvalue weighted by molar-refractivity contribution is 5.05. The van der Waals surface area contributed by atoms with E-state index in [1.165, 1.54) is 0 Å². The van der Waals surface area contributed by atoms with Gasteiger partial charge in [-0.15, -0.1) is 11.8 Å². The fourth-order valence-corrected chi connectivity index (χ4v) is 1.19. The Bertz CT molecular complexity index is 319. The molecule has 0 saturated heterocycles. The maximum atomic E-state index is 9.69. The first-order chi connectivity index (χ1) is 6.25.